The van der Waals surface area contributed by atoms with E-state index < -0.39 is 0 Å². The summed E-state index contributed by atoms with van der Waals surface area (Å²) in [6.07, 6.45) is 5.62. The topological polar surface area (TPSA) is 37.8 Å². The number of benzene rings is 1. The summed E-state index contributed by atoms with van der Waals surface area (Å²) in [4.78, 5) is 14.2. The Morgan fingerprint density at radius 3 is 3.00 bits per heavy atom. The van der Waals surface area contributed by atoms with Gasteiger partial charge in [-0.15, -0.1) is 0 Å². The predicted molar refractivity (Wildman–Crippen MR) is 58.0 cm³/mol. The Bertz CT molecular complexity index is 538. The molecule has 0 radical (unpaired) electrons. The summed E-state index contributed by atoms with van der Waals surface area (Å²) in [5.41, 5.74) is 2.64. The minimum atomic E-state index is -0.0169. The van der Waals surface area contributed by atoms with Crippen LogP contribution in [0, 0.1) is 0 Å². The van der Waals surface area contributed by atoms with Crippen molar-refractivity contribution >= 4 is 0 Å². The average molecular weight is 200 g/mol. The Morgan fingerprint density at radius 2 is 2.20 bits per heavy atom. The zero-order valence-corrected chi connectivity index (χ0v) is 8.31. The number of fused-ring (bicyclic) bond motifs is 1. The molecule has 0 aliphatic heterocycles. The molecule has 1 atom stereocenters. The Kier molecular flexibility index (Phi) is 1.78. The van der Waals surface area contributed by atoms with Gasteiger partial charge in [-0.25, -0.2) is 4.79 Å². The van der Waals surface area contributed by atoms with Crippen LogP contribution in [-0.2, 0) is 6.42 Å². The van der Waals surface area contributed by atoms with E-state index in [1.807, 2.05) is 12.3 Å². The van der Waals surface area contributed by atoms with Crippen molar-refractivity contribution in [2.24, 2.45) is 0 Å². The van der Waals surface area contributed by atoms with Crippen LogP contribution in [-0.4, -0.2) is 9.55 Å². The predicted octanol–water partition coefficient (Wildman–Crippen LogP) is 1.71. The summed E-state index contributed by atoms with van der Waals surface area (Å²) < 4.78 is 1.78. The van der Waals surface area contributed by atoms with E-state index in [1.165, 1.54) is 11.1 Å². The van der Waals surface area contributed by atoms with Crippen LogP contribution in [0.1, 0.15) is 23.6 Å². The van der Waals surface area contributed by atoms with Gasteiger partial charge in [-0.05, 0) is 24.0 Å². The summed E-state index contributed by atoms with van der Waals surface area (Å²) in [6.45, 7) is 0. The highest BCUT2D eigenvalue weighted by molar-refractivity contribution is 5.34. The largest absolute Gasteiger partial charge is 0.326 e. The number of H-pyrrole nitrogens is 1. The number of aryl methyl sites for hydroxylation is 1. The van der Waals surface area contributed by atoms with Crippen molar-refractivity contribution in [3.05, 3.63) is 58.3 Å². The van der Waals surface area contributed by atoms with E-state index in [0.29, 0.717) is 0 Å². The highest BCUT2D eigenvalue weighted by Gasteiger charge is 2.23. The SMILES string of the molecule is O=c1[nH]ccn1C1CCc2ccccc21. The van der Waals surface area contributed by atoms with Crippen molar-refractivity contribution in [3.63, 3.8) is 0 Å². The second-order valence-electron chi connectivity index (χ2n) is 3.93. The van der Waals surface area contributed by atoms with E-state index in [0.717, 1.165) is 12.8 Å². The van der Waals surface area contributed by atoms with Crippen molar-refractivity contribution in [1.29, 1.82) is 0 Å². The molecule has 1 aliphatic carbocycles. The molecule has 76 valence electrons. The van der Waals surface area contributed by atoms with Gasteiger partial charge < -0.3 is 4.98 Å². The van der Waals surface area contributed by atoms with Gasteiger partial charge in [-0.1, -0.05) is 24.3 Å². The first-order valence-electron chi connectivity index (χ1n) is 5.19. The number of nitrogens with zero attached hydrogens (tertiary/aromatic N) is 1. The molecule has 3 nitrogen and oxygen atoms in total. The Balaban J connectivity index is 2.12. The molecule has 0 bridgehead atoms. The van der Waals surface area contributed by atoms with Crippen molar-refractivity contribution < 1.29 is 0 Å². The molecule has 3 heteroatoms. The molecule has 1 heterocycles. The molecule has 0 fully saturated rings. The van der Waals surface area contributed by atoms with Crippen LogP contribution in [0.15, 0.2) is 41.5 Å². The monoisotopic (exact) mass is 200 g/mol. The van der Waals surface area contributed by atoms with Gasteiger partial charge in [0.05, 0.1) is 6.04 Å². The number of hydrogen-bond donors (Lipinski definition) is 1. The van der Waals surface area contributed by atoms with E-state index in [2.05, 4.69) is 23.2 Å². The van der Waals surface area contributed by atoms with Gasteiger partial charge in [0, 0.05) is 12.4 Å². The van der Waals surface area contributed by atoms with Crippen LogP contribution in [0.3, 0.4) is 0 Å². The highest BCUT2D eigenvalue weighted by Crippen LogP contribution is 2.32. The molecule has 0 saturated heterocycles. The summed E-state index contributed by atoms with van der Waals surface area (Å²) in [6, 6.07) is 8.58. The van der Waals surface area contributed by atoms with Crippen molar-refractivity contribution in [2.45, 2.75) is 18.9 Å². The molecule has 0 spiro atoms. The van der Waals surface area contributed by atoms with E-state index in [-0.39, 0.29) is 11.7 Å². The van der Waals surface area contributed by atoms with E-state index >= 15 is 0 Å². The molecule has 1 unspecified atom stereocenters. The van der Waals surface area contributed by atoms with Gasteiger partial charge >= 0.3 is 5.69 Å². The van der Waals surface area contributed by atoms with Gasteiger partial charge in [0.1, 0.15) is 0 Å². The average Bonchev–Trinajstić information content (AvgIpc) is 2.83. The highest BCUT2D eigenvalue weighted by atomic mass is 16.1. The lowest BCUT2D eigenvalue weighted by molar-refractivity contribution is 0.563. The zero-order chi connectivity index (χ0) is 10.3. The first kappa shape index (κ1) is 8.53. The number of aromatic amines is 1. The van der Waals surface area contributed by atoms with E-state index in [1.54, 1.807) is 10.8 Å². The molecule has 2 aromatic rings. The second kappa shape index (κ2) is 3.12. The third kappa shape index (κ3) is 1.23. The zero-order valence-electron chi connectivity index (χ0n) is 8.31. The third-order valence-corrected chi connectivity index (χ3v) is 3.11. The van der Waals surface area contributed by atoms with Crippen LogP contribution in [0.4, 0.5) is 0 Å². The van der Waals surface area contributed by atoms with Crippen LogP contribution in [0.5, 0.6) is 0 Å². The van der Waals surface area contributed by atoms with Gasteiger partial charge in [0.2, 0.25) is 0 Å². The molecule has 3 rings (SSSR count). The van der Waals surface area contributed by atoms with Crippen LogP contribution >= 0.6 is 0 Å². The molecular weight excluding hydrogens is 188 g/mol. The molecule has 0 saturated carbocycles. The lowest BCUT2D eigenvalue weighted by atomic mass is 10.1. The Morgan fingerprint density at radius 1 is 1.33 bits per heavy atom. The maximum atomic E-state index is 11.5. The molecule has 1 aromatic carbocycles. The van der Waals surface area contributed by atoms with Gasteiger partial charge in [-0.3, -0.25) is 4.57 Å². The molecule has 1 aliphatic rings. The van der Waals surface area contributed by atoms with E-state index in [9.17, 15) is 4.79 Å². The maximum absolute atomic E-state index is 11.5. The van der Waals surface area contributed by atoms with E-state index in [4.69, 9.17) is 0 Å². The normalized spacial score (nSPS) is 19.1. The van der Waals surface area contributed by atoms with Crippen LogP contribution in [0.25, 0.3) is 0 Å². The molecular formula is C12H12N2O. The molecule has 1 N–H and O–H groups in total. The van der Waals surface area contributed by atoms with Crippen molar-refractivity contribution in [3.8, 4) is 0 Å². The number of hydrogen-bond acceptors (Lipinski definition) is 1. The first-order chi connectivity index (χ1) is 7.36. The number of aromatic nitrogens is 2. The number of nitrogens with one attached hydrogen (secondary N) is 1. The standard InChI is InChI=1S/C12H12N2O/c15-12-13-7-8-14(12)11-6-5-9-3-1-2-4-10(9)11/h1-4,7-8,11H,5-6H2,(H,13,15). The smallest absolute Gasteiger partial charge is 0.313 e. The van der Waals surface area contributed by atoms with Gasteiger partial charge in [-0.2, -0.15) is 0 Å². The fourth-order valence-electron chi connectivity index (χ4n) is 2.40. The Labute approximate surface area is 87.4 Å². The third-order valence-electron chi connectivity index (χ3n) is 3.11. The molecule has 15 heavy (non-hydrogen) atoms. The van der Waals surface area contributed by atoms with Crippen molar-refractivity contribution in [2.75, 3.05) is 0 Å². The summed E-state index contributed by atoms with van der Waals surface area (Å²) >= 11 is 0. The number of imidazole rings is 1. The van der Waals surface area contributed by atoms with Gasteiger partial charge in [0.15, 0.2) is 0 Å². The molecule has 1 aromatic heterocycles. The van der Waals surface area contributed by atoms with Gasteiger partial charge in [0.25, 0.3) is 0 Å². The lowest BCUT2D eigenvalue weighted by Crippen LogP contribution is -2.20. The Hall–Kier alpha value is -1.77. The minimum absolute atomic E-state index is 0.0169. The van der Waals surface area contributed by atoms with Crippen molar-refractivity contribution in [1.82, 2.24) is 9.55 Å². The summed E-state index contributed by atoms with van der Waals surface area (Å²) in [5.74, 6) is 0. The number of rotatable bonds is 1. The fraction of sp³-hybridized carbons (Fsp3) is 0.250. The first-order valence-corrected chi connectivity index (χ1v) is 5.19. The van der Waals surface area contributed by atoms with Crippen LogP contribution in [0.2, 0.25) is 0 Å². The lowest BCUT2D eigenvalue weighted by Gasteiger charge is -2.11. The second-order valence-corrected chi connectivity index (χ2v) is 3.93. The molecule has 0 amide bonds. The summed E-state index contributed by atoms with van der Waals surface area (Å²) in [7, 11) is 0. The van der Waals surface area contributed by atoms with Crippen LogP contribution < -0.4 is 5.69 Å². The quantitative estimate of drug-likeness (QED) is 0.747. The summed E-state index contributed by atoms with van der Waals surface area (Å²) in [5, 5.41) is 0. The minimum Gasteiger partial charge on any atom is -0.313 e. The fourth-order valence-corrected chi connectivity index (χ4v) is 2.40. The maximum Gasteiger partial charge on any atom is 0.326 e.